The van der Waals surface area contributed by atoms with Gasteiger partial charge in [0.2, 0.25) is 0 Å². The van der Waals surface area contributed by atoms with Crippen LogP contribution in [0.5, 0.6) is 5.75 Å². The fourth-order valence-electron chi connectivity index (χ4n) is 1.42. The molecule has 2 N–H and O–H groups in total. The molecule has 88 valence electrons. The first kappa shape index (κ1) is 11.2. The molecule has 0 aliphatic carbocycles. The average molecular weight is 231 g/mol. The molecular weight excluding hydrogens is 218 g/mol. The molecule has 0 bridgehead atoms. The molecular formula is C12H13N3O2. The van der Waals surface area contributed by atoms with Gasteiger partial charge >= 0.3 is 0 Å². The highest BCUT2D eigenvalue weighted by molar-refractivity contribution is 6.03. The molecule has 0 radical (unpaired) electrons. The largest absolute Gasteiger partial charge is 0.492 e. The summed E-state index contributed by atoms with van der Waals surface area (Å²) in [7, 11) is 0. The Morgan fingerprint density at radius 3 is 3.00 bits per heavy atom. The number of carbonyl (C=O) groups is 1. The van der Waals surface area contributed by atoms with Crippen LogP contribution < -0.4 is 10.1 Å². The molecule has 5 nitrogen and oxygen atoms in total. The van der Waals surface area contributed by atoms with E-state index in [1.54, 1.807) is 6.07 Å². The Kier molecular flexibility index (Phi) is 3.40. The Morgan fingerprint density at radius 1 is 1.47 bits per heavy atom. The molecule has 0 unspecified atom stereocenters. The summed E-state index contributed by atoms with van der Waals surface area (Å²) in [5, 5.41) is 2.76. The number of anilines is 1. The number of hydrogen-bond acceptors (Lipinski definition) is 3. The molecule has 1 heterocycles. The Hall–Kier alpha value is -2.30. The van der Waals surface area contributed by atoms with Gasteiger partial charge in [0.05, 0.1) is 24.8 Å². The quantitative estimate of drug-likeness (QED) is 0.846. The fourth-order valence-corrected chi connectivity index (χ4v) is 1.42. The first-order chi connectivity index (χ1) is 8.31. The van der Waals surface area contributed by atoms with Crippen molar-refractivity contribution in [1.29, 1.82) is 0 Å². The van der Waals surface area contributed by atoms with Crippen molar-refractivity contribution in [3.8, 4) is 5.75 Å². The normalized spacial score (nSPS) is 9.94. The number of benzene rings is 1. The highest BCUT2D eigenvalue weighted by Gasteiger charge is 2.09. The SMILES string of the molecule is CCOc1ccccc1NC(=O)c1cnc[nH]1. The minimum absolute atomic E-state index is 0.241. The number of para-hydroxylation sites is 2. The number of nitrogens with zero attached hydrogens (tertiary/aromatic N) is 1. The molecule has 5 heteroatoms. The highest BCUT2D eigenvalue weighted by Crippen LogP contribution is 2.23. The number of nitrogens with one attached hydrogen (secondary N) is 2. The van der Waals surface area contributed by atoms with Crippen LogP contribution in [0.3, 0.4) is 0 Å². The maximum Gasteiger partial charge on any atom is 0.273 e. The number of aromatic amines is 1. The second-order valence-electron chi connectivity index (χ2n) is 3.35. The molecule has 1 aromatic heterocycles. The van der Waals surface area contributed by atoms with Gasteiger partial charge in [-0.05, 0) is 19.1 Å². The number of imidazole rings is 1. The molecule has 2 rings (SSSR count). The molecule has 0 aliphatic heterocycles. The molecule has 1 amide bonds. The van der Waals surface area contributed by atoms with Crippen LogP contribution in [-0.2, 0) is 0 Å². The lowest BCUT2D eigenvalue weighted by Crippen LogP contribution is -2.13. The van der Waals surface area contributed by atoms with Crippen molar-refractivity contribution >= 4 is 11.6 Å². The van der Waals surface area contributed by atoms with Crippen molar-refractivity contribution in [3.63, 3.8) is 0 Å². The van der Waals surface area contributed by atoms with Gasteiger partial charge in [-0.15, -0.1) is 0 Å². The van der Waals surface area contributed by atoms with Gasteiger partial charge in [0.25, 0.3) is 5.91 Å². The van der Waals surface area contributed by atoms with Crippen LogP contribution in [0.4, 0.5) is 5.69 Å². The number of amides is 1. The third-order valence-electron chi connectivity index (χ3n) is 2.18. The zero-order valence-electron chi connectivity index (χ0n) is 9.43. The Labute approximate surface area is 98.8 Å². The maximum atomic E-state index is 11.8. The third kappa shape index (κ3) is 2.63. The van der Waals surface area contributed by atoms with E-state index in [1.807, 2.05) is 25.1 Å². The van der Waals surface area contributed by atoms with Crippen LogP contribution in [0.25, 0.3) is 0 Å². The van der Waals surface area contributed by atoms with Crippen LogP contribution in [0, 0.1) is 0 Å². The lowest BCUT2D eigenvalue weighted by atomic mass is 10.3. The number of rotatable bonds is 4. The van der Waals surface area contributed by atoms with E-state index < -0.39 is 0 Å². The van der Waals surface area contributed by atoms with Gasteiger partial charge in [0.15, 0.2) is 0 Å². The number of aromatic nitrogens is 2. The van der Waals surface area contributed by atoms with E-state index in [0.29, 0.717) is 23.7 Å². The van der Waals surface area contributed by atoms with Gasteiger partial charge in [-0.1, -0.05) is 12.1 Å². The molecule has 2 aromatic rings. The molecule has 0 aliphatic rings. The highest BCUT2D eigenvalue weighted by atomic mass is 16.5. The second-order valence-corrected chi connectivity index (χ2v) is 3.35. The van der Waals surface area contributed by atoms with E-state index in [9.17, 15) is 4.79 Å². The van der Waals surface area contributed by atoms with E-state index in [-0.39, 0.29) is 5.91 Å². The summed E-state index contributed by atoms with van der Waals surface area (Å²) >= 11 is 0. The van der Waals surface area contributed by atoms with Crippen LogP contribution >= 0.6 is 0 Å². The smallest absolute Gasteiger partial charge is 0.273 e. The zero-order chi connectivity index (χ0) is 12.1. The monoisotopic (exact) mass is 231 g/mol. The Morgan fingerprint density at radius 2 is 2.29 bits per heavy atom. The van der Waals surface area contributed by atoms with E-state index >= 15 is 0 Å². The second kappa shape index (κ2) is 5.16. The van der Waals surface area contributed by atoms with Gasteiger partial charge in [-0.3, -0.25) is 4.79 Å². The lowest BCUT2D eigenvalue weighted by molar-refractivity contribution is 0.102. The first-order valence-electron chi connectivity index (χ1n) is 5.33. The minimum Gasteiger partial charge on any atom is -0.492 e. The van der Waals surface area contributed by atoms with Crippen LogP contribution in [0.2, 0.25) is 0 Å². The summed E-state index contributed by atoms with van der Waals surface area (Å²) < 4.78 is 5.41. The zero-order valence-corrected chi connectivity index (χ0v) is 9.43. The molecule has 0 saturated carbocycles. The van der Waals surface area contributed by atoms with Crippen molar-refractivity contribution < 1.29 is 9.53 Å². The summed E-state index contributed by atoms with van der Waals surface area (Å²) in [6.45, 7) is 2.45. The maximum absolute atomic E-state index is 11.8. The number of ether oxygens (including phenoxy) is 1. The van der Waals surface area contributed by atoms with E-state index in [0.717, 1.165) is 0 Å². The average Bonchev–Trinajstić information content (AvgIpc) is 2.85. The van der Waals surface area contributed by atoms with Gasteiger partial charge in [0.1, 0.15) is 11.4 Å². The summed E-state index contributed by atoms with van der Waals surface area (Å²) in [6, 6.07) is 7.30. The predicted molar refractivity (Wildman–Crippen MR) is 64.2 cm³/mol. The third-order valence-corrected chi connectivity index (χ3v) is 2.18. The summed E-state index contributed by atoms with van der Waals surface area (Å²) in [5.41, 5.74) is 1.06. The number of H-pyrrole nitrogens is 1. The molecule has 1 aromatic carbocycles. The van der Waals surface area contributed by atoms with Crippen molar-refractivity contribution in [1.82, 2.24) is 9.97 Å². The van der Waals surface area contributed by atoms with Gasteiger partial charge < -0.3 is 15.0 Å². The fraction of sp³-hybridized carbons (Fsp3) is 0.167. The summed E-state index contributed by atoms with van der Waals surface area (Å²) in [4.78, 5) is 18.3. The topological polar surface area (TPSA) is 67.0 Å². The van der Waals surface area contributed by atoms with E-state index in [1.165, 1.54) is 12.5 Å². The van der Waals surface area contributed by atoms with Crippen LogP contribution in [0.15, 0.2) is 36.8 Å². The molecule has 0 saturated heterocycles. The van der Waals surface area contributed by atoms with Crippen molar-refractivity contribution in [2.45, 2.75) is 6.92 Å². The predicted octanol–water partition coefficient (Wildman–Crippen LogP) is 2.06. The number of hydrogen-bond donors (Lipinski definition) is 2. The molecule has 0 fully saturated rings. The van der Waals surface area contributed by atoms with E-state index in [2.05, 4.69) is 15.3 Å². The lowest BCUT2D eigenvalue weighted by Gasteiger charge is -2.10. The summed E-state index contributed by atoms with van der Waals surface area (Å²) in [6.07, 6.45) is 2.93. The van der Waals surface area contributed by atoms with Gasteiger partial charge in [-0.25, -0.2) is 4.98 Å². The summed E-state index contributed by atoms with van der Waals surface area (Å²) in [5.74, 6) is 0.414. The Balaban J connectivity index is 2.15. The molecule has 0 atom stereocenters. The van der Waals surface area contributed by atoms with Gasteiger partial charge in [-0.2, -0.15) is 0 Å². The van der Waals surface area contributed by atoms with Gasteiger partial charge in [0, 0.05) is 0 Å². The van der Waals surface area contributed by atoms with Crippen molar-refractivity contribution in [2.75, 3.05) is 11.9 Å². The van der Waals surface area contributed by atoms with Crippen LogP contribution in [-0.4, -0.2) is 22.5 Å². The minimum atomic E-state index is -0.241. The molecule has 17 heavy (non-hydrogen) atoms. The first-order valence-corrected chi connectivity index (χ1v) is 5.33. The number of carbonyl (C=O) groups excluding carboxylic acids is 1. The van der Waals surface area contributed by atoms with Crippen molar-refractivity contribution in [3.05, 3.63) is 42.5 Å². The van der Waals surface area contributed by atoms with E-state index in [4.69, 9.17) is 4.74 Å². The molecule has 0 spiro atoms. The standard InChI is InChI=1S/C12H13N3O2/c1-2-17-11-6-4-3-5-9(11)15-12(16)10-7-13-8-14-10/h3-8H,2H2,1H3,(H,13,14)(H,15,16). The van der Waals surface area contributed by atoms with Crippen molar-refractivity contribution in [2.24, 2.45) is 0 Å². The Bertz CT molecular complexity index is 494. The van der Waals surface area contributed by atoms with Crippen LogP contribution in [0.1, 0.15) is 17.4 Å².